The Kier molecular flexibility index (Phi) is 55.9. The van der Waals surface area contributed by atoms with Gasteiger partial charge in [0.05, 0.1) is 78.2 Å². The Morgan fingerprint density at radius 3 is 1.15 bits per heavy atom. The van der Waals surface area contributed by atoms with Gasteiger partial charge in [-0.15, -0.1) is 10.2 Å². The van der Waals surface area contributed by atoms with E-state index in [2.05, 4.69) is 92.9 Å². The SMILES string of the molecule is CC(C)Br.CCCOc1cc(N2CCCCC2CO)ccc1N=O.COc1cc(N2CCCCC2CO)ccc1N.COc1cccc(Br)c1.COc1cccc(N2CCCCC2CO)c1.O=N[O-].O=S(=O)(O)c1cccc2c(S(=O)(=O)O)cccc12.O=S(=O)(O)c1cccc2c(S(=O)(=O)O)cccc12.OCC1CCCCN1.Oc1cccc(Br)c1.[CH3-].[Na+].[Pd]. The van der Waals surface area contributed by atoms with Crippen molar-refractivity contribution in [2.24, 2.45) is 10.5 Å². The number of nitrogens with one attached hydrogen (secondary N) is 1. The molecule has 0 aliphatic carbocycles. The van der Waals surface area contributed by atoms with Gasteiger partial charge in [0, 0.05) is 117 Å². The summed E-state index contributed by atoms with van der Waals surface area (Å²) in [6.07, 6.45) is 14.7. The Bertz CT molecular complexity index is 4840. The van der Waals surface area contributed by atoms with E-state index >= 15 is 0 Å². The number of piperidine rings is 4. The number of aliphatic hydroxyl groups is 4. The number of ether oxygens (including phenoxy) is 4. The number of benzene rings is 9. The van der Waals surface area contributed by atoms with Gasteiger partial charge < -0.3 is 87.8 Å². The molecule has 4 fully saturated rings. The molecule has 4 unspecified atom stereocenters. The molecule has 4 aliphatic rings. The Morgan fingerprint density at radius 2 is 0.847 bits per heavy atom. The minimum atomic E-state index is -4.47. The molecule has 0 radical (unpaired) electrons. The number of alkyl halides is 1. The Labute approximate surface area is 789 Å². The molecule has 124 heavy (non-hydrogen) atoms. The number of rotatable bonds is 18. The fraction of sp³-hybridized carbons (Fsp3) is 0.393. The first-order chi connectivity index (χ1) is 57.5. The molecule has 4 aliphatic heterocycles. The van der Waals surface area contributed by atoms with Gasteiger partial charge in [0.2, 0.25) is 0 Å². The summed E-state index contributed by atoms with van der Waals surface area (Å²) < 4.78 is 148. The number of halogens is 3. The first-order valence-electron chi connectivity index (χ1n) is 38.4. The number of nitroso groups, excluding NO2 is 1. The maximum Gasteiger partial charge on any atom is 1.00 e. The Morgan fingerprint density at radius 1 is 0.492 bits per heavy atom. The zero-order valence-electron chi connectivity index (χ0n) is 70.3. The van der Waals surface area contributed by atoms with E-state index in [1.165, 1.54) is 87.1 Å². The fourth-order valence-corrected chi connectivity index (χ4v) is 16.5. The van der Waals surface area contributed by atoms with Crippen LogP contribution in [0, 0.1) is 22.4 Å². The zero-order chi connectivity index (χ0) is 89.9. The molecule has 0 spiro atoms. The van der Waals surface area contributed by atoms with Gasteiger partial charge in [-0.05, 0) is 186 Å². The molecule has 0 aromatic heterocycles. The third kappa shape index (κ3) is 39.9. The number of fused-ring (bicyclic) bond motifs is 2. The van der Waals surface area contributed by atoms with Crippen molar-refractivity contribution in [2.45, 2.75) is 153 Å². The third-order valence-electron chi connectivity index (χ3n) is 18.6. The van der Waals surface area contributed by atoms with Crippen molar-refractivity contribution in [3.05, 3.63) is 213 Å². The van der Waals surface area contributed by atoms with E-state index in [9.17, 15) is 53.9 Å². The van der Waals surface area contributed by atoms with Crippen LogP contribution in [0.15, 0.2) is 221 Å². The average Bonchev–Trinajstić information content (AvgIpc) is 0.774. The van der Waals surface area contributed by atoms with E-state index in [0.29, 0.717) is 52.7 Å². The second-order valence-corrected chi connectivity index (χ2v) is 36.7. The quantitative estimate of drug-likeness (QED) is 0.00723. The number of nitrogens with two attached hydrogens (primary N) is 1. The predicted octanol–water partition coefficient (Wildman–Crippen LogP) is 13.8. The van der Waals surface area contributed by atoms with Crippen LogP contribution < -0.4 is 74.3 Å². The smallest absolute Gasteiger partial charge is 0.508 e. The number of nitrogens with zero attached hydrogens (tertiary/aromatic N) is 5. The first kappa shape index (κ1) is 115. The maximum absolute atomic E-state index is 11.2. The van der Waals surface area contributed by atoms with Crippen molar-refractivity contribution in [2.75, 3.05) is 101 Å². The maximum atomic E-state index is 11.2. The summed E-state index contributed by atoms with van der Waals surface area (Å²) in [4.78, 5) is 24.5. The van der Waals surface area contributed by atoms with Gasteiger partial charge in [-0.1, -0.05) is 142 Å². The second-order valence-electron chi connectivity index (χ2n) is 27.5. The van der Waals surface area contributed by atoms with Crippen molar-refractivity contribution in [1.82, 2.24) is 5.32 Å². The standard InChI is InChI=1S/C15H22N2O3.C13H20N2O2.C13H19NO2.2C10H8O6S2.C7H7BrO.C6H5BrO.C6H13NO.C3H7Br.CH3.HNO2.Na.Pd/c1-2-9-20-15-10-12(6-7-14(15)16-19)17-8-4-3-5-13(17)11-18;1-17-13-8-10(5-6-12(13)14)15-7-3-2-4-11(15)9-16;1-16-13-7-4-6-11(9-13)14-8-3-2-5-12(14)10-15;2*11-17(12,13)9-5-1-3-7-8(9)4-2-6-10(7)18(14,15)16;1-9-7-4-2-3-6(8)5-7;7-5-2-1-3-6(8)4-5;8-5-6-3-1-2-4-7-6;1-3(2)4;;2-1-3;;/h6-7,10,13,18H,2-5,8-9,11H2,1H3;5-6,8,11,16H,2-4,7,9,14H2,1H3;4,6-7,9,12,15H,2-3,5,8,10H2,1H3;2*1-6H,(H,11,12,13)(H,14,15,16);2-5H,1H3;1-4,8H;6-8H,1-5H2;3H,1-2H3;1H3;(H,2,3);;/q;;;;;;;;;-1;;+1;/p-1. The molecule has 31 nitrogen and oxygen atoms in total. The van der Waals surface area contributed by atoms with Crippen LogP contribution in [0.2, 0.25) is 0 Å². The molecule has 40 heteroatoms. The summed E-state index contributed by atoms with van der Waals surface area (Å²) in [6.45, 7) is 11.7. The Balaban J connectivity index is 0.000000709. The fourth-order valence-electron chi connectivity index (χ4n) is 12.9. The van der Waals surface area contributed by atoms with E-state index in [1.807, 2.05) is 85.8 Å². The number of aliphatic hydroxyl groups excluding tert-OH is 4. The van der Waals surface area contributed by atoms with Crippen LogP contribution in [0.4, 0.5) is 28.4 Å². The van der Waals surface area contributed by atoms with E-state index in [-0.39, 0.29) is 117 Å². The van der Waals surface area contributed by atoms with Crippen molar-refractivity contribution >= 4 is 138 Å². The molecule has 684 valence electrons. The molecular formula is C84H112Br3N7NaO24PdS4-. The number of hydrogen-bond donors (Lipinski definition) is 11. The van der Waals surface area contributed by atoms with Crippen molar-refractivity contribution < 1.29 is 146 Å². The molecule has 4 saturated heterocycles. The first-order valence-corrected chi connectivity index (χ1v) is 46.7. The van der Waals surface area contributed by atoms with Crippen molar-refractivity contribution in [3.63, 3.8) is 0 Å². The number of phenolic OH excluding ortho intramolecular Hbond substituents is 1. The van der Waals surface area contributed by atoms with Crippen LogP contribution in [0.5, 0.6) is 28.7 Å². The van der Waals surface area contributed by atoms with Gasteiger partial charge in [0.25, 0.3) is 40.5 Å². The van der Waals surface area contributed by atoms with Crippen molar-refractivity contribution in [3.8, 4) is 28.7 Å². The number of hydrogen-bond acceptors (Lipinski definition) is 27. The molecule has 4 atom stereocenters. The van der Waals surface area contributed by atoms with Gasteiger partial charge in [-0.25, -0.2) is 0 Å². The summed E-state index contributed by atoms with van der Waals surface area (Å²) in [5.74, 6) is 3.27. The molecule has 9 aromatic rings. The molecule has 0 bridgehead atoms. The van der Waals surface area contributed by atoms with Crippen LogP contribution in [0.3, 0.4) is 0 Å². The van der Waals surface area contributed by atoms with Gasteiger partial charge in [-0.3, -0.25) is 18.2 Å². The number of nitrogen functional groups attached to an aromatic ring is 1. The summed E-state index contributed by atoms with van der Waals surface area (Å²) in [5, 5.41) is 61.0. The van der Waals surface area contributed by atoms with E-state index in [1.54, 1.807) is 45.6 Å². The van der Waals surface area contributed by atoms with Crippen LogP contribution in [0.1, 0.15) is 104 Å². The van der Waals surface area contributed by atoms with Gasteiger partial charge in [-0.2, -0.15) is 33.7 Å². The van der Waals surface area contributed by atoms with Crippen LogP contribution in [0.25, 0.3) is 21.5 Å². The van der Waals surface area contributed by atoms with E-state index in [0.717, 1.165) is 138 Å². The van der Waals surface area contributed by atoms with Crippen LogP contribution in [-0.2, 0) is 60.9 Å². The zero-order valence-corrected chi connectivity index (χ0v) is 81.9. The number of anilines is 4. The molecule has 0 amide bonds. The molecule has 12 N–H and O–H groups in total. The van der Waals surface area contributed by atoms with Crippen LogP contribution >= 0.6 is 47.8 Å². The topological polar surface area (TPSA) is 485 Å². The number of phenols is 1. The number of aromatic hydroxyl groups is 1. The Hall–Kier alpha value is -6.76. The summed E-state index contributed by atoms with van der Waals surface area (Å²) >= 11 is 9.80. The molecule has 13 rings (SSSR count). The third-order valence-corrected chi connectivity index (χ3v) is 23.2. The largest absolute Gasteiger partial charge is 1.00 e. The summed E-state index contributed by atoms with van der Waals surface area (Å²) in [7, 11) is -12.9. The molecule has 0 saturated carbocycles. The predicted molar refractivity (Wildman–Crippen MR) is 490 cm³/mol. The van der Waals surface area contributed by atoms with Crippen LogP contribution in [-0.4, -0.2) is 187 Å². The minimum Gasteiger partial charge on any atom is -0.508 e. The van der Waals surface area contributed by atoms with E-state index in [4.69, 9.17) is 63.2 Å². The van der Waals surface area contributed by atoms with Crippen molar-refractivity contribution in [1.29, 1.82) is 0 Å². The second kappa shape index (κ2) is 60.1. The van der Waals surface area contributed by atoms with Gasteiger partial charge in [0.1, 0.15) is 48.3 Å². The number of methoxy groups -OCH3 is 3. The van der Waals surface area contributed by atoms with E-state index < -0.39 is 60.1 Å². The molecular weight excluding hydrogens is 1990 g/mol. The normalized spacial score (nSPS) is 15.8. The molecule has 4 heterocycles. The minimum absolute atomic E-state index is 0. The van der Waals surface area contributed by atoms with Gasteiger partial charge in [0.15, 0.2) is 5.75 Å². The molecule has 9 aromatic carbocycles. The summed E-state index contributed by atoms with van der Waals surface area (Å²) in [6, 6.07) is 50.0. The van der Waals surface area contributed by atoms with Gasteiger partial charge >= 0.3 is 29.6 Å². The summed E-state index contributed by atoms with van der Waals surface area (Å²) in [5.41, 5.74) is 10.0. The monoisotopic (exact) mass is 2100 g/mol. The average molecular weight is 2100 g/mol.